The standard InChI is InChI=1S/C26H40O7/c1-14(2)19-13-21(30-16(4)27)26(8,33-18(6)29)23-20-12-15(3)10-9-11-25(7,32-17(5)28)24(31-20)22(19)23/h10,14,19-24H,9,11-13H2,1-8H3/b15-10+/t19-,20-,21+,22-,23-,24-,25-,26-/m1/s1. The summed E-state index contributed by atoms with van der Waals surface area (Å²) in [4.78, 5) is 36.5. The van der Waals surface area contributed by atoms with Crippen LogP contribution in [0.4, 0.5) is 0 Å². The van der Waals surface area contributed by atoms with Crippen LogP contribution in [-0.4, -0.2) is 47.4 Å². The number of esters is 3. The molecule has 7 nitrogen and oxygen atoms in total. The van der Waals surface area contributed by atoms with Crippen molar-refractivity contribution in [2.45, 2.75) is 111 Å². The predicted molar refractivity (Wildman–Crippen MR) is 122 cm³/mol. The van der Waals surface area contributed by atoms with Crippen LogP contribution in [0, 0.1) is 23.7 Å². The van der Waals surface area contributed by atoms with E-state index in [1.807, 2.05) is 13.8 Å². The number of carbonyl (C=O) groups excluding carboxylic acids is 3. The SMILES string of the molecule is CC(=O)O[C@H]1C[C@H](C(C)C)[C@@H]2[C@@H]([C@H]3C/C(C)=C/CC[C@@](C)(OC(C)=O)[C@@H]2O3)[C@]1(C)OC(C)=O. The Morgan fingerprint density at radius 1 is 1.06 bits per heavy atom. The summed E-state index contributed by atoms with van der Waals surface area (Å²) >= 11 is 0. The molecule has 3 rings (SSSR count). The summed E-state index contributed by atoms with van der Waals surface area (Å²) in [6.07, 6.45) is 3.67. The lowest BCUT2D eigenvalue weighted by Gasteiger charge is -2.53. The molecule has 1 aliphatic carbocycles. The Morgan fingerprint density at radius 3 is 2.24 bits per heavy atom. The number of rotatable bonds is 4. The highest BCUT2D eigenvalue weighted by molar-refractivity contribution is 5.68. The van der Waals surface area contributed by atoms with Crippen molar-refractivity contribution in [3.63, 3.8) is 0 Å². The highest BCUT2D eigenvalue weighted by Gasteiger charge is 2.67. The topological polar surface area (TPSA) is 88.1 Å². The third-order valence-corrected chi connectivity index (χ3v) is 7.93. The summed E-state index contributed by atoms with van der Waals surface area (Å²) in [6.45, 7) is 14.4. The average Bonchev–Trinajstić information content (AvgIpc) is 3.04. The van der Waals surface area contributed by atoms with Crippen LogP contribution in [0.15, 0.2) is 11.6 Å². The first-order chi connectivity index (χ1) is 15.3. The fourth-order valence-corrected chi connectivity index (χ4v) is 6.73. The summed E-state index contributed by atoms with van der Waals surface area (Å²) in [5.74, 6) is -0.984. The van der Waals surface area contributed by atoms with Crippen LogP contribution in [0.25, 0.3) is 0 Å². The molecule has 186 valence electrons. The van der Waals surface area contributed by atoms with E-state index in [-0.39, 0.29) is 41.8 Å². The van der Waals surface area contributed by atoms with Gasteiger partial charge in [-0.15, -0.1) is 0 Å². The van der Waals surface area contributed by atoms with E-state index in [1.165, 1.54) is 26.3 Å². The summed E-state index contributed by atoms with van der Waals surface area (Å²) in [5, 5.41) is 0. The largest absolute Gasteiger partial charge is 0.458 e. The zero-order valence-electron chi connectivity index (χ0n) is 21.3. The van der Waals surface area contributed by atoms with E-state index in [0.717, 1.165) is 6.42 Å². The van der Waals surface area contributed by atoms with Gasteiger partial charge < -0.3 is 18.9 Å². The molecule has 2 bridgehead atoms. The second kappa shape index (κ2) is 9.40. The van der Waals surface area contributed by atoms with Crippen LogP contribution in [0.2, 0.25) is 0 Å². The van der Waals surface area contributed by atoms with Gasteiger partial charge in [0.25, 0.3) is 0 Å². The quantitative estimate of drug-likeness (QED) is 0.347. The molecule has 0 amide bonds. The summed E-state index contributed by atoms with van der Waals surface area (Å²) < 4.78 is 24.6. The molecule has 8 atom stereocenters. The fraction of sp³-hybridized carbons (Fsp3) is 0.808. The molecule has 0 unspecified atom stereocenters. The smallest absolute Gasteiger partial charge is 0.303 e. The van der Waals surface area contributed by atoms with Gasteiger partial charge in [0, 0.05) is 32.6 Å². The van der Waals surface area contributed by atoms with Crippen molar-refractivity contribution in [3.8, 4) is 0 Å². The van der Waals surface area contributed by atoms with Gasteiger partial charge in [-0.3, -0.25) is 14.4 Å². The number of carbonyl (C=O) groups is 3. The van der Waals surface area contributed by atoms with Gasteiger partial charge in [0.2, 0.25) is 0 Å². The highest BCUT2D eigenvalue weighted by atomic mass is 16.6. The third kappa shape index (κ3) is 4.98. The molecule has 2 fully saturated rings. The number of ether oxygens (including phenoxy) is 4. The van der Waals surface area contributed by atoms with Crippen molar-refractivity contribution < 1.29 is 33.3 Å². The highest BCUT2D eigenvalue weighted by Crippen LogP contribution is 2.58. The Balaban J connectivity index is 2.19. The number of hydrogen-bond acceptors (Lipinski definition) is 7. The molecule has 0 aromatic carbocycles. The van der Waals surface area contributed by atoms with Gasteiger partial charge in [-0.25, -0.2) is 0 Å². The van der Waals surface area contributed by atoms with E-state index < -0.39 is 29.2 Å². The van der Waals surface area contributed by atoms with Gasteiger partial charge in [-0.05, 0) is 58.3 Å². The van der Waals surface area contributed by atoms with Crippen molar-refractivity contribution in [3.05, 3.63) is 11.6 Å². The first-order valence-electron chi connectivity index (χ1n) is 12.2. The molecule has 1 saturated heterocycles. The number of hydrogen-bond donors (Lipinski definition) is 0. The van der Waals surface area contributed by atoms with Crippen molar-refractivity contribution in [2.75, 3.05) is 0 Å². The molecule has 0 aromatic heterocycles. The van der Waals surface area contributed by atoms with E-state index in [1.54, 1.807) is 0 Å². The van der Waals surface area contributed by atoms with Crippen LogP contribution in [0.1, 0.15) is 81.1 Å². The van der Waals surface area contributed by atoms with E-state index in [2.05, 4.69) is 26.8 Å². The van der Waals surface area contributed by atoms with E-state index >= 15 is 0 Å². The molecule has 33 heavy (non-hydrogen) atoms. The fourth-order valence-electron chi connectivity index (χ4n) is 6.73. The van der Waals surface area contributed by atoms with Gasteiger partial charge in [-0.2, -0.15) is 0 Å². The van der Waals surface area contributed by atoms with Gasteiger partial charge in [0.05, 0.1) is 6.10 Å². The molecule has 2 aliphatic heterocycles. The van der Waals surface area contributed by atoms with Crippen LogP contribution in [0.3, 0.4) is 0 Å². The van der Waals surface area contributed by atoms with Gasteiger partial charge in [0.15, 0.2) is 5.60 Å². The Labute approximate surface area is 197 Å². The molecule has 3 aliphatic rings. The molecular weight excluding hydrogens is 424 g/mol. The lowest BCUT2D eigenvalue weighted by molar-refractivity contribution is -0.215. The molecule has 0 radical (unpaired) electrons. The zero-order chi connectivity index (χ0) is 24.7. The Hall–Kier alpha value is -1.89. The molecule has 1 saturated carbocycles. The van der Waals surface area contributed by atoms with Crippen molar-refractivity contribution in [1.29, 1.82) is 0 Å². The zero-order valence-corrected chi connectivity index (χ0v) is 21.3. The predicted octanol–water partition coefficient (Wildman–Crippen LogP) is 4.37. The third-order valence-electron chi connectivity index (χ3n) is 7.93. The minimum absolute atomic E-state index is 0.0265. The van der Waals surface area contributed by atoms with E-state index in [9.17, 15) is 14.4 Å². The Morgan fingerprint density at radius 2 is 1.70 bits per heavy atom. The maximum absolute atomic E-state index is 12.3. The number of allylic oxidation sites excluding steroid dienone is 1. The minimum Gasteiger partial charge on any atom is -0.458 e. The van der Waals surface area contributed by atoms with Crippen LogP contribution in [0.5, 0.6) is 0 Å². The van der Waals surface area contributed by atoms with Gasteiger partial charge in [0.1, 0.15) is 17.8 Å². The normalized spacial score (nSPS) is 42.2. The van der Waals surface area contributed by atoms with Crippen molar-refractivity contribution in [2.24, 2.45) is 23.7 Å². The summed E-state index contributed by atoms with van der Waals surface area (Å²) in [7, 11) is 0. The molecule has 2 heterocycles. The number of fused-ring (bicyclic) bond motifs is 5. The molecule has 0 spiro atoms. The summed E-state index contributed by atoms with van der Waals surface area (Å²) in [5.41, 5.74) is -0.681. The lowest BCUT2D eigenvalue weighted by Crippen LogP contribution is -2.63. The van der Waals surface area contributed by atoms with Crippen LogP contribution in [-0.2, 0) is 33.3 Å². The van der Waals surface area contributed by atoms with Crippen molar-refractivity contribution >= 4 is 17.9 Å². The molecular formula is C26H40O7. The van der Waals surface area contributed by atoms with Gasteiger partial charge >= 0.3 is 17.9 Å². The maximum Gasteiger partial charge on any atom is 0.303 e. The van der Waals surface area contributed by atoms with Crippen LogP contribution >= 0.6 is 0 Å². The van der Waals surface area contributed by atoms with E-state index in [0.29, 0.717) is 19.3 Å². The first-order valence-corrected chi connectivity index (χ1v) is 12.2. The molecule has 7 heteroatoms. The van der Waals surface area contributed by atoms with E-state index in [4.69, 9.17) is 18.9 Å². The summed E-state index contributed by atoms with van der Waals surface area (Å²) in [6, 6.07) is 0. The maximum atomic E-state index is 12.3. The second-order valence-corrected chi connectivity index (χ2v) is 10.9. The first kappa shape index (κ1) is 25.7. The molecule has 0 N–H and O–H groups in total. The average molecular weight is 465 g/mol. The van der Waals surface area contributed by atoms with Crippen LogP contribution < -0.4 is 0 Å². The Kier molecular flexibility index (Phi) is 7.33. The van der Waals surface area contributed by atoms with Gasteiger partial charge in [-0.1, -0.05) is 25.5 Å². The van der Waals surface area contributed by atoms with Crippen molar-refractivity contribution in [1.82, 2.24) is 0 Å². The molecule has 0 aromatic rings. The monoisotopic (exact) mass is 464 g/mol. The second-order valence-electron chi connectivity index (χ2n) is 10.9. The lowest BCUT2D eigenvalue weighted by atomic mass is 9.56. The minimum atomic E-state index is -1.05. The Bertz CT molecular complexity index is 817.